The number of rotatable bonds is 5. The predicted octanol–water partition coefficient (Wildman–Crippen LogP) is 0.899. The van der Waals surface area contributed by atoms with Gasteiger partial charge in [-0.15, -0.1) is 0 Å². The van der Waals surface area contributed by atoms with Crippen molar-refractivity contribution in [2.24, 2.45) is 0 Å². The summed E-state index contributed by atoms with van der Waals surface area (Å²) < 4.78 is 51.4. The Morgan fingerprint density at radius 1 is 1.23 bits per heavy atom. The maximum atomic E-state index is 12.4. The fraction of sp³-hybridized carbons (Fsp3) is 0.571. The number of hydrogen-bond donors (Lipinski definition) is 2. The van der Waals surface area contributed by atoms with E-state index in [1.807, 2.05) is 6.92 Å². The molecule has 2 unspecified atom stereocenters. The Morgan fingerprint density at radius 3 is 2.55 bits per heavy atom. The van der Waals surface area contributed by atoms with Gasteiger partial charge in [-0.2, -0.15) is 0 Å². The van der Waals surface area contributed by atoms with Crippen LogP contribution in [0.2, 0.25) is 0 Å². The first-order valence-electron chi connectivity index (χ1n) is 7.33. The predicted molar refractivity (Wildman–Crippen MR) is 85.0 cm³/mol. The molecule has 2 atom stereocenters. The van der Waals surface area contributed by atoms with Gasteiger partial charge in [0.05, 0.1) is 15.5 Å². The van der Waals surface area contributed by atoms with Gasteiger partial charge in [0.2, 0.25) is 10.0 Å². The van der Waals surface area contributed by atoms with Crippen LogP contribution in [0.3, 0.4) is 0 Å². The summed E-state index contributed by atoms with van der Waals surface area (Å²) in [5.41, 5.74) is 0. The van der Waals surface area contributed by atoms with Gasteiger partial charge < -0.3 is 5.32 Å². The fourth-order valence-corrected chi connectivity index (χ4v) is 4.86. The molecule has 1 aromatic rings. The monoisotopic (exact) mass is 346 g/mol. The van der Waals surface area contributed by atoms with Gasteiger partial charge >= 0.3 is 0 Å². The minimum Gasteiger partial charge on any atom is -0.314 e. The van der Waals surface area contributed by atoms with E-state index in [0.29, 0.717) is 6.42 Å². The Kier molecular flexibility index (Phi) is 5.26. The van der Waals surface area contributed by atoms with Crippen molar-refractivity contribution >= 4 is 19.9 Å². The van der Waals surface area contributed by atoms with Crippen molar-refractivity contribution < 1.29 is 16.8 Å². The lowest BCUT2D eigenvalue weighted by molar-refractivity contribution is 0.361. The quantitative estimate of drug-likeness (QED) is 0.826. The molecular weight excluding hydrogens is 324 g/mol. The summed E-state index contributed by atoms with van der Waals surface area (Å²) in [6, 6.07) is 5.65. The van der Waals surface area contributed by atoms with Crippen molar-refractivity contribution in [3.8, 4) is 0 Å². The average molecular weight is 346 g/mol. The molecule has 1 aliphatic heterocycles. The zero-order chi connectivity index (χ0) is 16.4. The first kappa shape index (κ1) is 17.4. The van der Waals surface area contributed by atoms with E-state index in [1.54, 1.807) is 0 Å². The molecule has 22 heavy (non-hydrogen) atoms. The van der Waals surface area contributed by atoms with Crippen LogP contribution in [0.5, 0.6) is 0 Å². The fourth-order valence-electron chi connectivity index (χ4n) is 2.53. The van der Waals surface area contributed by atoms with E-state index >= 15 is 0 Å². The van der Waals surface area contributed by atoms with Crippen molar-refractivity contribution in [2.45, 2.75) is 48.6 Å². The first-order valence-corrected chi connectivity index (χ1v) is 10.5. The van der Waals surface area contributed by atoms with Crippen LogP contribution in [0, 0.1) is 0 Å². The number of sulfone groups is 1. The van der Waals surface area contributed by atoms with E-state index in [0.717, 1.165) is 13.0 Å². The molecular formula is C14H22N2O4S2. The van der Waals surface area contributed by atoms with Crippen LogP contribution >= 0.6 is 0 Å². The second kappa shape index (κ2) is 6.66. The summed E-state index contributed by atoms with van der Waals surface area (Å²) in [4.78, 5) is 0.0322. The van der Waals surface area contributed by atoms with Crippen molar-refractivity contribution in [3.05, 3.63) is 24.3 Å². The molecule has 0 aromatic heterocycles. The Hall–Kier alpha value is -0.960. The molecule has 0 aliphatic carbocycles. The van der Waals surface area contributed by atoms with Gasteiger partial charge in [0.1, 0.15) is 0 Å². The standard InChI is InChI=1S/C14H22N2O4S2/c1-3-21(17,18)13-5-4-6-14(10-13)22(19,20)16-12-7-8-15-11(2)9-12/h4-6,10-12,15-16H,3,7-9H2,1-2H3. The highest BCUT2D eigenvalue weighted by molar-refractivity contribution is 7.91. The molecule has 1 saturated heterocycles. The summed E-state index contributed by atoms with van der Waals surface area (Å²) in [6.07, 6.45) is 1.43. The highest BCUT2D eigenvalue weighted by Crippen LogP contribution is 2.18. The molecule has 0 amide bonds. The normalized spacial score (nSPS) is 23.4. The Labute approximate surface area is 132 Å². The van der Waals surface area contributed by atoms with Crippen LogP contribution in [0.25, 0.3) is 0 Å². The van der Waals surface area contributed by atoms with E-state index in [2.05, 4.69) is 10.0 Å². The van der Waals surface area contributed by atoms with Crippen LogP contribution < -0.4 is 10.0 Å². The number of hydrogen-bond acceptors (Lipinski definition) is 5. The van der Waals surface area contributed by atoms with Crippen LogP contribution in [0.15, 0.2) is 34.1 Å². The minimum atomic E-state index is -3.72. The van der Waals surface area contributed by atoms with E-state index in [4.69, 9.17) is 0 Å². The molecule has 2 N–H and O–H groups in total. The largest absolute Gasteiger partial charge is 0.314 e. The van der Waals surface area contributed by atoms with Gasteiger partial charge in [-0.3, -0.25) is 0 Å². The van der Waals surface area contributed by atoms with Gasteiger partial charge in [-0.05, 0) is 44.5 Å². The smallest absolute Gasteiger partial charge is 0.240 e. The van der Waals surface area contributed by atoms with E-state index in [-0.39, 0.29) is 27.6 Å². The highest BCUT2D eigenvalue weighted by Gasteiger charge is 2.25. The van der Waals surface area contributed by atoms with Crippen LogP contribution in [-0.2, 0) is 19.9 Å². The Bertz CT molecular complexity index is 729. The van der Waals surface area contributed by atoms with Crippen molar-refractivity contribution in [1.29, 1.82) is 0 Å². The van der Waals surface area contributed by atoms with E-state index in [1.165, 1.54) is 31.2 Å². The van der Waals surface area contributed by atoms with Gasteiger partial charge in [-0.25, -0.2) is 21.6 Å². The summed E-state index contributed by atoms with van der Waals surface area (Å²) in [5.74, 6) is -0.0598. The average Bonchev–Trinajstić information content (AvgIpc) is 2.47. The second-order valence-electron chi connectivity index (χ2n) is 5.58. The maximum Gasteiger partial charge on any atom is 0.240 e. The van der Waals surface area contributed by atoms with Gasteiger partial charge in [0, 0.05) is 12.1 Å². The molecule has 0 saturated carbocycles. The third-order valence-corrected chi connectivity index (χ3v) is 7.05. The summed E-state index contributed by atoms with van der Waals surface area (Å²) in [7, 11) is -7.14. The zero-order valence-electron chi connectivity index (χ0n) is 12.7. The molecule has 1 fully saturated rings. The van der Waals surface area contributed by atoms with E-state index < -0.39 is 19.9 Å². The van der Waals surface area contributed by atoms with Crippen LogP contribution in [-0.4, -0.2) is 41.2 Å². The van der Waals surface area contributed by atoms with Gasteiger partial charge in [0.25, 0.3) is 0 Å². The summed E-state index contributed by atoms with van der Waals surface area (Å²) in [6.45, 7) is 4.30. The Morgan fingerprint density at radius 2 is 1.91 bits per heavy atom. The van der Waals surface area contributed by atoms with Crippen LogP contribution in [0.4, 0.5) is 0 Å². The topological polar surface area (TPSA) is 92.3 Å². The molecule has 0 bridgehead atoms. The second-order valence-corrected chi connectivity index (χ2v) is 9.57. The molecule has 2 rings (SSSR count). The SMILES string of the molecule is CCS(=O)(=O)c1cccc(S(=O)(=O)NC2CCNC(C)C2)c1. The maximum absolute atomic E-state index is 12.4. The summed E-state index contributed by atoms with van der Waals surface area (Å²) in [5, 5.41) is 3.26. The lowest BCUT2D eigenvalue weighted by atomic mass is 10.0. The van der Waals surface area contributed by atoms with E-state index in [9.17, 15) is 16.8 Å². The number of benzene rings is 1. The minimum absolute atomic E-state index is 0.00629. The number of piperidine rings is 1. The van der Waals surface area contributed by atoms with Crippen molar-refractivity contribution in [1.82, 2.24) is 10.0 Å². The summed E-state index contributed by atoms with van der Waals surface area (Å²) >= 11 is 0. The van der Waals surface area contributed by atoms with Crippen molar-refractivity contribution in [3.63, 3.8) is 0 Å². The molecule has 0 radical (unpaired) electrons. The first-order chi connectivity index (χ1) is 10.2. The number of sulfonamides is 1. The third-order valence-electron chi connectivity index (χ3n) is 3.80. The lowest BCUT2D eigenvalue weighted by Gasteiger charge is -2.28. The van der Waals surface area contributed by atoms with Crippen LogP contribution in [0.1, 0.15) is 26.7 Å². The molecule has 0 spiro atoms. The molecule has 1 heterocycles. The zero-order valence-corrected chi connectivity index (χ0v) is 14.4. The highest BCUT2D eigenvalue weighted by atomic mass is 32.2. The third kappa shape index (κ3) is 4.07. The lowest BCUT2D eigenvalue weighted by Crippen LogP contribution is -2.46. The number of nitrogens with one attached hydrogen (secondary N) is 2. The molecule has 124 valence electrons. The molecule has 6 nitrogen and oxygen atoms in total. The molecule has 1 aliphatic rings. The molecule has 8 heteroatoms. The van der Waals surface area contributed by atoms with Crippen molar-refractivity contribution in [2.75, 3.05) is 12.3 Å². The van der Waals surface area contributed by atoms with Gasteiger partial charge in [-0.1, -0.05) is 13.0 Å². The molecule has 1 aromatic carbocycles. The van der Waals surface area contributed by atoms with Gasteiger partial charge in [0.15, 0.2) is 9.84 Å². The Balaban J connectivity index is 2.24.